The van der Waals surface area contributed by atoms with E-state index in [1.165, 1.54) is 16.8 Å². The molecule has 21 heavy (non-hydrogen) atoms. The number of fused-ring (bicyclic) bond motifs is 3. The highest BCUT2D eigenvalue weighted by molar-refractivity contribution is 5.73. The van der Waals surface area contributed by atoms with Gasteiger partial charge in [-0.2, -0.15) is 0 Å². The predicted octanol–water partition coefficient (Wildman–Crippen LogP) is 2.91. The largest absolute Gasteiger partial charge is 0.491 e. The van der Waals surface area contributed by atoms with Crippen molar-refractivity contribution in [2.24, 2.45) is 0 Å². The molecule has 2 aromatic rings. The van der Waals surface area contributed by atoms with Gasteiger partial charge in [0.15, 0.2) is 0 Å². The molecule has 2 aliphatic heterocycles. The molecule has 2 aliphatic rings. The van der Waals surface area contributed by atoms with Gasteiger partial charge in [-0.15, -0.1) is 0 Å². The van der Waals surface area contributed by atoms with Gasteiger partial charge in [-0.3, -0.25) is 0 Å². The average Bonchev–Trinajstić information content (AvgIpc) is 2.74. The smallest absolute Gasteiger partial charge is 0.142 e. The Bertz CT molecular complexity index is 626. The fraction of sp³-hybridized carbons (Fsp3) is 0.333. The highest BCUT2D eigenvalue weighted by atomic mass is 16.5. The van der Waals surface area contributed by atoms with Crippen LogP contribution in [0.4, 0.5) is 5.69 Å². The molecule has 0 radical (unpaired) electrons. The fourth-order valence-electron chi connectivity index (χ4n) is 3.31. The van der Waals surface area contributed by atoms with E-state index in [-0.39, 0.29) is 0 Å². The van der Waals surface area contributed by atoms with Gasteiger partial charge in [-0.25, -0.2) is 0 Å². The number of piperazine rings is 1. The molecule has 1 saturated heterocycles. The monoisotopic (exact) mass is 280 g/mol. The lowest BCUT2D eigenvalue weighted by Crippen LogP contribution is -2.51. The van der Waals surface area contributed by atoms with Crippen molar-refractivity contribution in [2.45, 2.75) is 12.5 Å². The Hall–Kier alpha value is -2.00. The van der Waals surface area contributed by atoms with Crippen LogP contribution in [0.5, 0.6) is 5.75 Å². The molecule has 0 saturated carbocycles. The van der Waals surface area contributed by atoms with E-state index < -0.39 is 0 Å². The third kappa shape index (κ3) is 2.38. The fourth-order valence-corrected chi connectivity index (χ4v) is 3.31. The molecule has 0 aromatic heterocycles. The topological polar surface area (TPSA) is 24.5 Å². The molecule has 1 fully saturated rings. The average molecular weight is 280 g/mol. The lowest BCUT2D eigenvalue weighted by atomic mass is 10.0. The second-order valence-electron chi connectivity index (χ2n) is 5.74. The number of hydrogen-bond donors (Lipinski definition) is 1. The summed E-state index contributed by atoms with van der Waals surface area (Å²) in [6.07, 6.45) is 1.09. The van der Waals surface area contributed by atoms with Crippen LogP contribution in [0.25, 0.3) is 11.1 Å². The molecule has 2 aromatic carbocycles. The first kappa shape index (κ1) is 12.7. The van der Waals surface area contributed by atoms with Crippen molar-refractivity contribution in [1.82, 2.24) is 5.32 Å². The van der Waals surface area contributed by atoms with E-state index in [0.717, 1.165) is 38.4 Å². The minimum absolute atomic E-state index is 0.547. The number of anilines is 1. The molecule has 1 N–H and O–H groups in total. The van der Waals surface area contributed by atoms with Crippen LogP contribution < -0.4 is 15.0 Å². The van der Waals surface area contributed by atoms with Gasteiger partial charge in [0, 0.05) is 32.1 Å². The van der Waals surface area contributed by atoms with Crippen LogP contribution in [0.2, 0.25) is 0 Å². The van der Waals surface area contributed by atoms with E-state index in [9.17, 15) is 0 Å². The Balaban J connectivity index is 1.77. The van der Waals surface area contributed by atoms with Gasteiger partial charge in [0.1, 0.15) is 5.75 Å². The molecular weight excluding hydrogens is 260 g/mol. The van der Waals surface area contributed by atoms with Crippen molar-refractivity contribution < 1.29 is 4.74 Å². The number of nitrogens with one attached hydrogen (secondary N) is 1. The molecule has 1 atom stereocenters. The summed E-state index contributed by atoms with van der Waals surface area (Å²) in [6, 6.07) is 17.7. The maximum atomic E-state index is 5.96. The molecule has 4 rings (SSSR count). The predicted molar refractivity (Wildman–Crippen MR) is 86.0 cm³/mol. The molecule has 0 bridgehead atoms. The van der Waals surface area contributed by atoms with E-state index in [4.69, 9.17) is 4.74 Å². The van der Waals surface area contributed by atoms with Crippen molar-refractivity contribution in [1.29, 1.82) is 0 Å². The Kier molecular flexibility index (Phi) is 3.28. The second kappa shape index (κ2) is 5.41. The zero-order valence-electron chi connectivity index (χ0n) is 12.1. The molecule has 0 amide bonds. The highest BCUT2D eigenvalue weighted by Gasteiger charge is 2.27. The summed E-state index contributed by atoms with van der Waals surface area (Å²) in [5.41, 5.74) is 3.77. The van der Waals surface area contributed by atoms with E-state index >= 15 is 0 Å². The molecule has 3 nitrogen and oxygen atoms in total. The number of hydrogen-bond acceptors (Lipinski definition) is 3. The third-order valence-electron chi connectivity index (χ3n) is 4.43. The summed E-state index contributed by atoms with van der Waals surface area (Å²) >= 11 is 0. The number of ether oxygens (including phenoxy) is 1. The van der Waals surface area contributed by atoms with Crippen LogP contribution in [-0.2, 0) is 0 Å². The van der Waals surface area contributed by atoms with Crippen LogP contribution in [0, 0.1) is 0 Å². The summed E-state index contributed by atoms with van der Waals surface area (Å²) in [7, 11) is 0. The van der Waals surface area contributed by atoms with Gasteiger partial charge in [-0.05, 0) is 23.3 Å². The van der Waals surface area contributed by atoms with Crippen LogP contribution in [0.3, 0.4) is 0 Å². The second-order valence-corrected chi connectivity index (χ2v) is 5.74. The molecule has 0 spiro atoms. The quantitative estimate of drug-likeness (QED) is 0.869. The Morgan fingerprint density at radius 2 is 1.95 bits per heavy atom. The zero-order valence-corrected chi connectivity index (χ0v) is 12.1. The molecule has 2 heterocycles. The van der Waals surface area contributed by atoms with Crippen LogP contribution in [0.15, 0.2) is 48.5 Å². The molecule has 3 heteroatoms. The summed E-state index contributed by atoms with van der Waals surface area (Å²) in [4.78, 5) is 2.52. The van der Waals surface area contributed by atoms with Gasteiger partial charge in [0.05, 0.1) is 12.3 Å². The van der Waals surface area contributed by atoms with Gasteiger partial charge < -0.3 is 15.0 Å². The highest BCUT2D eigenvalue weighted by Crippen LogP contribution is 2.37. The van der Waals surface area contributed by atoms with Crippen molar-refractivity contribution >= 4 is 5.69 Å². The van der Waals surface area contributed by atoms with E-state index in [1.807, 2.05) is 0 Å². The van der Waals surface area contributed by atoms with Crippen LogP contribution >= 0.6 is 0 Å². The Morgan fingerprint density at radius 1 is 1.05 bits per heavy atom. The first-order chi connectivity index (χ1) is 10.4. The maximum Gasteiger partial charge on any atom is 0.142 e. The first-order valence-corrected chi connectivity index (χ1v) is 7.71. The SMILES string of the molecule is c1ccc(-c2ccc3c(c2)N2CCNCC2CCO3)cc1. The summed E-state index contributed by atoms with van der Waals surface area (Å²) < 4.78 is 5.96. The van der Waals surface area contributed by atoms with Crippen LogP contribution in [0.1, 0.15) is 6.42 Å². The number of rotatable bonds is 1. The van der Waals surface area contributed by atoms with Crippen molar-refractivity contribution in [2.75, 3.05) is 31.1 Å². The normalized spacial score (nSPS) is 21.0. The molecule has 108 valence electrons. The van der Waals surface area contributed by atoms with Gasteiger partial charge in [0.2, 0.25) is 0 Å². The van der Waals surface area contributed by atoms with Crippen molar-refractivity contribution in [3.05, 3.63) is 48.5 Å². The maximum absolute atomic E-state index is 5.96. The first-order valence-electron chi connectivity index (χ1n) is 7.71. The Labute approximate surface area is 125 Å². The lowest BCUT2D eigenvalue weighted by molar-refractivity contribution is 0.304. The van der Waals surface area contributed by atoms with E-state index in [0.29, 0.717) is 6.04 Å². The third-order valence-corrected chi connectivity index (χ3v) is 4.43. The van der Waals surface area contributed by atoms with E-state index in [2.05, 4.69) is 58.7 Å². The van der Waals surface area contributed by atoms with Gasteiger partial charge >= 0.3 is 0 Å². The Morgan fingerprint density at radius 3 is 2.86 bits per heavy atom. The van der Waals surface area contributed by atoms with Gasteiger partial charge in [-0.1, -0.05) is 36.4 Å². The minimum Gasteiger partial charge on any atom is -0.491 e. The van der Waals surface area contributed by atoms with Gasteiger partial charge in [0.25, 0.3) is 0 Å². The lowest BCUT2D eigenvalue weighted by Gasteiger charge is -2.36. The number of nitrogens with zero attached hydrogens (tertiary/aromatic N) is 1. The number of benzene rings is 2. The van der Waals surface area contributed by atoms with Crippen LogP contribution in [-0.4, -0.2) is 32.3 Å². The molecular formula is C18H20N2O. The molecule has 0 aliphatic carbocycles. The van der Waals surface area contributed by atoms with Crippen molar-refractivity contribution in [3.63, 3.8) is 0 Å². The molecule has 1 unspecified atom stereocenters. The summed E-state index contributed by atoms with van der Waals surface area (Å²) in [5.74, 6) is 1.03. The minimum atomic E-state index is 0.547. The summed E-state index contributed by atoms with van der Waals surface area (Å²) in [6.45, 7) is 3.96. The standard InChI is InChI=1S/C18H20N2O/c1-2-4-14(5-3-1)15-6-7-18-17(12-15)20-10-9-19-13-16(20)8-11-21-18/h1-7,12,16,19H,8-11,13H2. The van der Waals surface area contributed by atoms with E-state index in [1.54, 1.807) is 0 Å². The van der Waals surface area contributed by atoms with Crippen molar-refractivity contribution in [3.8, 4) is 16.9 Å². The zero-order chi connectivity index (χ0) is 14.1. The summed E-state index contributed by atoms with van der Waals surface area (Å²) in [5, 5.41) is 3.49.